The number of nitrogens with one attached hydrogen (secondary N) is 2. The molecule has 0 aromatic heterocycles. The van der Waals surface area contributed by atoms with E-state index in [0.717, 1.165) is 70.1 Å². The number of likely N-dealkylation sites (tertiary alicyclic amines) is 1. The number of carbonyl (C=O) groups is 3. The van der Waals surface area contributed by atoms with Crippen LogP contribution in [0.25, 0.3) is 0 Å². The number of ether oxygens (including phenoxy) is 3. The number of nitrogens with zero attached hydrogens (tertiary/aromatic N) is 3. The van der Waals surface area contributed by atoms with Crippen molar-refractivity contribution < 1.29 is 38.8 Å². The van der Waals surface area contributed by atoms with Crippen LogP contribution in [0, 0.1) is 0 Å². The van der Waals surface area contributed by atoms with Gasteiger partial charge in [-0.3, -0.25) is 19.3 Å². The highest BCUT2D eigenvalue weighted by Gasteiger charge is 2.42. The highest BCUT2D eigenvalue weighted by Crippen LogP contribution is 2.39. The average molecular weight is 846 g/mol. The fourth-order valence-electron chi connectivity index (χ4n) is 9.05. The zero-order valence-electron chi connectivity index (χ0n) is 34.5. The lowest BCUT2D eigenvalue weighted by Gasteiger charge is -2.47. The van der Waals surface area contributed by atoms with Gasteiger partial charge in [0.25, 0.3) is 11.8 Å². The smallest absolute Gasteiger partial charge is 0.262 e. The van der Waals surface area contributed by atoms with Gasteiger partial charge in [0.15, 0.2) is 18.5 Å². The molecule has 7 rings (SSSR count). The lowest BCUT2D eigenvalue weighted by Crippen LogP contribution is -2.58. The van der Waals surface area contributed by atoms with Crippen LogP contribution in [-0.4, -0.2) is 127 Å². The number of halogens is 1. The fraction of sp³-hybridized carbons (Fsp3) is 0.543. The lowest BCUT2D eigenvalue weighted by molar-refractivity contribution is -0.166. The van der Waals surface area contributed by atoms with Crippen molar-refractivity contribution >= 4 is 35.0 Å². The molecule has 0 bridgehead atoms. The van der Waals surface area contributed by atoms with Crippen LogP contribution >= 0.6 is 11.6 Å². The maximum absolute atomic E-state index is 13.5. The first-order valence-corrected chi connectivity index (χ1v) is 22.1. The highest BCUT2D eigenvalue weighted by atomic mass is 35.5. The maximum Gasteiger partial charge on any atom is 0.262 e. The molecule has 324 valence electrons. The number of amides is 3. The summed E-state index contributed by atoms with van der Waals surface area (Å²) in [7, 11) is 0. The van der Waals surface area contributed by atoms with Crippen LogP contribution in [0.4, 0.5) is 5.69 Å². The summed E-state index contributed by atoms with van der Waals surface area (Å²) in [5.41, 5.74) is 3.77. The number of benzene rings is 3. The number of piperidine rings is 1. The van der Waals surface area contributed by atoms with E-state index >= 15 is 0 Å². The third kappa shape index (κ3) is 11.6. The molecule has 1 saturated carbocycles. The summed E-state index contributed by atoms with van der Waals surface area (Å²) in [5.74, 6) is 0.0483. The minimum Gasteiger partial charge on any atom is -0.506 e. The quantitative estimate of drug-likeness (QED) is 0.105. The van der Waals surface area contributed by atoms with Crippen LogP contribution in [0.15, 0.2) is 60.7 Å². The molecular formula is C46H60ClN5O8. The Hall–Kier alpha value is -4.24. The van der Waals surface area contributed by atoms with E-state index in [0.29, 0.717) is 87.4 Å². The molecule has 3 aromatic carbocycles. The second-order valence-corrected chi connectivity index (χ2v) is 17.1. The molecule has 1 spiro atoms. The second kappa shape index (κ2) is 21.0. The van der Waals surface area contributed by atoms with Crippen molar-refractivity contribution in [3.8, 4) is 11.5 Å². The number of aromatic hydroxyl groups is 1. The summed E-state index contributed by atoms with van der Waals surface area (Å²) < 4.78 is 18.0. The number of carbonyl (C=O) groups excluding carboxylic acids is 3. The van der Waals surface area contributed by atoms with E-state index < -0.39 is 11.7 Å². The Morgan fingerprint density at radius 3 is 2.60 bits per heavy atom. The summed E-state index contributed by atoms with van der Waals surface area (Å²) in [4.78, 5) is 44.8. The molecule has 4 N–H and O–H groups in total. The molecule has 3 aliphatic heterocycles. The number of hydrogen-bond acceptors (Lipinski definition) is 10. The zero-order chi connectivity index (χ0) is 41.9. The molecule has 14 heteroatoms. The molecule has 2 saturated heterocycles. The van der Waals surface area contributed by atoms with Crippen molar-refractivity contribution in [2.45, 2.75) is 88.5 Å². The van der Waals surface area contributed by atoms with Gasteiger partial charge in [-0.2, -0.15) is 0 Å². The van der Waals surface area contributed by atoms with Crippen molar-refractivity contribution in [1.82, 2.24) is 20.0 Å². The molecule has 0 radical (unpaired) electrons. The normalized spacial score (nSPS) is 18.7. The van der Waals surface area contributed by atoms with Crippen molar-refractivity contribution in [2.75, 3.05) is 77.6 Å². The predicted octanol–water partition coefficient (Wildman–Crippen LogP) is 5.25. The number of aliphatic hydroxyl groups is 1. The van der Waals surface area contributed by atoms with Crippen LogP contribution in [0.1, 0.15) is 79.7 Å². The summed E-state index contributed by atoms with van der Waals surface area (Å²) in [6, 6.07) is 19.1. The number of anilines is 1. The Balaban J connectivity index is 0.811. The molecule has 3 amide bonds. The number of fused-ring (bicyclic) bond motifs is 1. The number of phenols is 1. The van der Waals surface area contributed by atoms with E-state index in [1.165, 1.54) is 17.5 Å². The maximum atomic E-state index is 13.5. The standard InChI is InChI=1S/C46H60ClN5O8/c47-37-9-5-8-36(29-37)43(56)45(57)51-24-27-60-46(32-51)17-21-50(22-18-46)30-34-7-4-6-33(28-34)15-25-58-26-16-41(55)52(38-10-2-1-3-11-38)23-20-48-19-14-35-12-13-39(53)42-44(35)59-31-40(54)49-42/h4-9,12-13,28-29,38,43,48,53,56H,1-3,10-11,14-27,30-32H2,(H,49,54)/t43-/m1/s1. The van der Waals surface area contributed by atoms with Gasteiger partial charge < -0.3 is 44.9 Å². The minimum atomic E-state index is -1.25. The molecule has 3 aromatic rings. The first-order chi connectivity index (χ1) is 29.2. The van der Waals surface area contributed by atoms with Crippen LogP contribution < -0.4 is 15.4 Å². The van der Waals surface area contributed by atoms with Gasteiger partial charge in [0.2, 0.25) is 5.91 Å². The zero-order valence-corrected chi connectivity index (χ0v) is 35.3. The first-order valence-electron chi connectivity index (χ1n) is 21.7. The van der Waals surface area contributed by atoms with Crippen molar-refractivity contribution in [2.24, 2.45) is 0 Å². The van der Waals surface area contributed by atoms with Gasteiger partial charge >= 0.3 is 0 Å². The van der Waals surface area contributed by atoms with Gasteiger partial charge in [0.05, 0.1) is 31.8 Å². The molecule has 60 heavy (non-hydrogen) atoms. The van der Waals surface area contributed by atoms with E-state index in [-0.39, 0.29) is 36.1 Å². The van der Waals surface area contributed by atoms with E-state index in [2.05, 4.69) is 44.7 Å². The SMILES string of the molecule is O=C1COc2c(CCNCCN(C(=O)CCOCCc3cccc(CN4CCC5(CC4)CN(C(=O)[C@H](O)c4cccc(Cl)c4)CCO5)c3)C3CCCCC3)ccc(O)c2N1. The average Bonchev–Trinajstić information content (AvgIpc) is 3.26. The monoisotopic (exact) mass is 845 g/mol. The van der Waals surface area contributed by atoms with Crippen molar-refractivity contribution in [3.05, 3.63) is 87.9 Å². The summed E-state index contributed by atoms with van der Waals surface area (Å²) in [5, 5.41) is 27.6. The molecule has 1 atom stereocenters. The Morgan fingerprint density at radius 2 is 1.78 bits per heavy atom. The molecule has 4 aliphatic rings. The number of aliphatic hydroxyl groups excluding tert-OH is 1. The van der Waals surface area contributed by atoms with Gasteiger partial charge in [-0.25, -0.2) is 0 Å². The lowest BCUT2D eigenvalue weighted by atomic mass is 9.88. The molecular weight excluding hydrogens is 786 g/mol. The number of morpholine rings is 1. The topological polar surface area (TPSA) is 153 Å². The van der Waals surface area contributed by atoms with Crippen LogP contribution in [0.5, 0.6) is 11.5 Å². The number of phenolic OH excluding ortho intramolecular Hbond substituents is 1. The molecule has 0 unspecified atom stereocenters. The second-order valence-electron chi connectivity index (χ2n) is 16.6. The number of rotatable bonds is 17. The molecule has 13 nitrogen and oxygen atoms in total. The Kier molecular flexibility index (Phi) is 15.4. The third-order valence-corrected chi connectivity index (χ3v) is 12.6. The van der Waals surface area contributed by atoms with E-state index in [1.807, 2.05) is 6.07 Å². The van der Waals surface area contributed by atoms with Crippen LogP contribution in [0.3, 0.4) is 0 Å². The van der Waals surface area contributed by atoms with Gasteiger partial charge in [0.1, 0.15) is 11.4 Å². The summed E-state index contributed by atoms with van der Waals surface area (Å²) in [6.07, 6.45) is 7.73. The van der Waals surface area contributed by atoms with Crippen molar-refractivity contribution in [3.63, 3.8) is 0 Å². The van der Waals surface area contributed by atoms with Crippen LogP contribution in [0.2, 0.25) is 5.02 Å². The van der Waals surface area contributed by atoms with Gasteiger partial charge in [-0.1, -0.05) is 73.3 Å². The Bertz CT molecular complexity index is 1930. The minimum absolute atomic E-state index is 0.0104. The Labute approximate surface area is 358 Å². The molecule has 3 heterocycles. The highest BCUT2D eigenvalue weighted by molar-refractivity contribution is 6.30. The molecule has 3 fully saturated rings. The molecule has 1 aliphatic carbocycles. The van der Waals surface area contributed by atoms with Gasteiger partial charge in [-0.05, 0) is 85.5 Å². The van der Waals surface area contributed by atoms with E-state index in [4.69, 9.17) is 25.8 Å². The third-order valence-electron chi connectivity index (χ3n) is 12.4. The van der Waals surface area contributed by atoms with Gasteiger partial charge in [0, 0.05) is 56.9 Å². The first kappa shape index (κ1) is 43.8. The number of hydrogen-bond donors (Lipinski definition) is 4. The summed E-state index contributed by atoms with van der Waals surface area (Å²) in [6.45, 7) is 6.74. The van der Waals surface area contributed by atoms with E-state index in [9.17, 15) is 24.6 Å². The largest absolute Gasteiger partial charge is 0.506 e. The van der Waals surface area contributed by atoms with Gasteiger partial charge in [-0.15, -0.1) is 0 Å². The van der Waals surface area contributed by atoms with Crippen LogP contribution in [-0.2, 0) is 43.2 Å². The Morgan fingerprint density at radius 1 is 0.983 bits per heavy atom. The fourth-order valence-corrected chi connectivity index (χ4v) is 9.24. The van der Waals surface area contributed by atoms with Crippen molar-refractivity contribution in [1.29, 1.82) is 0 Å². The van der Waals surface area contributed by atoms with E-state index in [1.54, 1.807) is 35.2 Å². The predicted molar refractivity (Wildman–Crippen MR) is 229 cm³/mol. The summed E-state index contributed by atoms with van der Waals surface area (Å²) >= 11 is 6.10.